The highest BCUT2D eigenvalue weighted by atomic mass is 28.4. The Morgan fingerprint density at radius 3 is 2.14 bits per heavy atom. The molecule has 0 radical (unpaired) electrons. The predicted molar refractivity (Wildman–Crippen MR) is 163 cm³/mol. The molecule has 44 heavy (non-hydrogen) atoms. The molecule has 0 amide bonds. The van der Waals surface area contributed by atoms with E-state index >= 15 is 0 Å². The number of hydrazone groups is 1. The summed E-state index contributed by atoms with van der Waals surface area (Å²) in [4.78, 5) is 58.1. The van der Waals surface area contributed by atoms with Gasteiger partial charge in [-0.05, 0) is 32.0 Å². The summed E-state index contributed by atoms with van der Waals surface area (Å²) in [5, 5.41) is 6.39. The molecule has 0 aliphatic carbocycles. The Hall–Kier alpha value is -3.69. The molecular formula is C29H42N6O8Si. The topological polar surface area (TPSA) is 178 Å². The number of esters is 2. The van der Waals surface area contributed by atoms with Crippen LogP contribution in [0.25, 0.3) is 11.0 Å². The number of nitrogens with zero attached hydrogens (tertiary/aromatic N) is 5. The maximum Gasteiger partial charge on any atom is 0.306 e. The summed E-state index contributed by atoms with van der Waals surface area (Å²) < 4.78 is 26.5. The zero-order valence-corrected chi connectivity index (χ0v) is 27.6. The van der Waals surface area contributed by atoms with Crippen molar-refractivity contribution in [3.8, 4) is 0 Å². The molecule has 0 bridgehead atoms. The van der Waals surface area contributed by atoms with Crippen molar-refractivity contribution >= 4 is 54.5 Å². The van der Waals surface area contributed by atoms with Gasteiger partial charge in [0.15, 0.2) is 38.4 Å². The third kappa shape index (κ3) is 6.99. The van der Waals surface area contributed by atoms with Gasteiger partial charge in [-0.15, -0.1) is 0 Å². The number of nitrogens with two attached hydrogens (primary N) is 1. The molecule has 14 nitrogen and oxygen atoms in total. The molecule has 0 saturated carbocycles. The molecule has 0 spiro atoms. The molecule has 1 fully saturated rings. The summed E-state index contributed by atoms with van der Waals surface area (Å²) in [7, 11) is -0.576. The number of amidine groups is 1. The number of carbonyl (C=O) groups is 4. The summed E-state index contributed by atoms with van der Waals surface area (Å²) >= 11 is 0. The monoisotopic (exact) mass is 630 g/mol. The third-order valence-electron chi connectivity index (χ3n) is 8.30. The van der Waals surface area contributed by atoms with Gasteiger partial charge < -0.3 is 38.5 Å². The summed E-state index contributed by atoms with van der Waals surface area (Å²) in [6, 6.07) is 0. The quantitative estimate of drug-likeness (QED) is 0.268. The minimum atomic E-state index is -2.29. The molecular weight excluding hydrogens is 588 g/mol. The van der Waals surface area contributed by atoms with Crippen molar-refractivity contribution in [3.05, 3.63) is 18.1 Å². The molecule has 2 aromatic rings. The summed E-state index contributed by atoms with van der Waals surface area (Å²) in [6.45, 7) is 13.3. The fourth-order valence-corrected chi connectivity index (χ4v) is 5.80. The predicted octanol–water partition coefficient (Wildman–Crippen LogP) is 2.98. The van der Waals surface area contributed by atoms with E-state index in [1.165, 1.54) is 20.2 Å². The fraction of sp³-hybridized carbons (Fsp3) is 0.621. The Morgan fingerprint density at radius 2 is 1.57 bits per heavy atom. The van der Waals surface area contributed by atoms with E-state index in [1.54, 1.807) is 22.8 Å². The van der Waals surface area contributed by atoms with Crippen LogP contribution in [0.2, 0.25) is 18.1 Å². The van der Waals surface area contributed by atoms with E-state index in [4.69, 9.17) is 24.4 Å². The van der Waals surface area contributed by atoms with E-state index in [1.807, 2.05) is 0 Å². The molecule has 15 heteroatoms. The van der Waals surface area contributed by atoms with Crippen molar-refractivity contribution in [2.45, 2.75) is 103 Å². The van der Waals surface area contributed by atoms with Gasteiger partial charge in [0.2, 0.25) is 0 Å². The third-order valence-corrected chi connectivity index (χ3v) is 12.8. The van der Waals surface area contributed by atoms with Gasteiger partial charge in [-0.3, -0.25) is 9.59 Å². The van der Waals surface area contributed by atoms with Crippen LogP contribution in [0.3, 0.4) is 0 Å². The average Bonchev–Trinajstić information content (AvgIpc) is 3.47. The lowest BCUT2D eigenvalue weighted by Gasteiger charge is -2.37. The van der Waals surface area contributed by atoms with Gasteiger partial charge in [-0.25, -0.2) is 15.0 Å². The van der Waals surface area contributed by atoms with Crippen molar-refractivity contribution in [2.24, 2.45) is 10.8 Å². The van der Waals surface area contributed by atoms with E-state index in [2.05, 4.69) is 48.9 Å². The van der Waals surface area contributed by atoms with Gasteiger partial charge >= 0.3 is 11.9 Å². The van der Waals surface area contributed by atoms with Crippen LogP contribution in [0.4, 0.5) is 5.82 Å². The molecule has 1 unspecified atom stereocenters. The first-order chi connectivity index (χ1) is 20.5. The van der Waals surface area contributed by atoms with E-state index in [0.29, 0.717) is 22.4 Å². The highest BCUT2D eigenvalue weighted by Gasteiger charge is 2.52. The summed E-state index contributed by atoms with van der Waals surface area (Å²) in [5.41, 5.74) is 7.28. The smallest absolute Gasteiger partial charge is 0.306 e. The van der Waals surface area contributed by atoms with Crippen molar-refractivity contribution in [1.82, 2.24) is 14.5 Å². The number of ketones is 2. The highest BCUT2D eigenvalue weighted by molar-refractivity contribution is 6.74. The molecule has 2 N–H and O–H groups in total. The number of hydrogen-bond donors (Lipinski definition) is 1. The first-order valence-corrected chi connectivity index (χ1v) is 17.5. The Balaban J connectivity index is 1.78. The molecule has 2 aliphatic rings. The molecule has 4 atom stereocenters. The maximum atomic E-state index is 13.0. The second-order valence-electron chi connectivity index (χ2n) is 12.8. The number of hydrogen-bond acceptors (Lipinski definition) is 13. The summed E-state index contributed by atoms with van der Waals surface area (Å²) in [6.07, 6.45) is -1.35. The Labute approximate surface area is 257 Å². The van der Waals surface area contributed by atoms with Crippen LogP contribution in [0.15, 0.2) is 17.6 Å². The standard InChI is InChI=1S/C29H42N6O8Si/c1-16(36)9-11-20(38)42-23-19(14-40-44(7,8)29(3,4)5)41-28(24(23)43-21(39)12-10-17(2)37)35-13-18-22-26(31-15-32-27(22)35)34(6)33-25(18)30/h13,15,19,23-24,28H,9-12,14H2,1-8H3,(H2,30,33)/t19-,23?,24+,28-/m1/s1. The number of ether oxygens (including phenoxy) is 3. The number of Topliss-reactive ketones (excluding diaryl/α,β-unsaturated/α-hetero) is 2. The Bertz CT molecular complexity index is 1480. The Kier molecular flexibility index (Phi) is 9.61. The largest absolute Gasteiger partial charge is 0.455 e. The number of anilines is 1. The lowest BCUT2D eigenvalue weighted by atomic mass is 10.1. The van der Waals surface area contributed by atoms with E-state index in [0.717, 1.165) is 0 Å². The molecule has 0 aromatic carbocycles. The van der Waals surface area contributed by atoms with Gasteiger partial charge in [0, 0.05) is 31.6 Å². The van der Waals surface area contributed by atoms with Gasteiger partial charge in [0.1, 0.15) is 29.6 Å². The zero-order valence-electron chi connectivity index (χ0n) is 26.6. The normalized spacial score (nSPS) is 21.7. The number of aromatic nitrogens is 3. The first-order valence-electron chi connectivity index (χ1n) is 14.6. The van der Waals surface area contributed by atoms with Gasteiger partial charge in [-0.2, -0.15) is 5.10 Å². The average molecular weight is 631 g/mol. The first kappa shape index (κ1) is 33.2. The molecule has 4 rings (SSSR count). The molecule has 2 aliphatic heterocycles. The van der Waals surface area contributed by atoms with Crippen LogP contribution < -0.4 is 10.7 Å². The van der Waals surface area contributed by atoms with Crippen molar-refractivity contribution in [3.63, 3.8) is 0 Å². The van der Waals surface area contributed by atoms with Crippen molar-refractivity contribution in [1.29, 1.82) is 0 Å². The van der Waals surface area contributed by atoms with Crippen LogP contribution in [0.1, 0.15) is 72.1 Å². The Morgan fingerprint density at radius 1 is 0.977 bits per heavy atom. The second-order valence-corrected chi connectivity index (χ2v) is 17.6. The maximum absolute atomic E-state index is 13.0. The molecule has 2 aromatic heterocycles. The minimum absolute atomic E-state index is 0.00145. The van der Waals surface area contributed by atoms with Crippen LogP contribution in [-0.4, -0.2) is 84.2 Å². The van der Waals surface area contributed by atoms with Gasteiger partial charge in [0.25, 0.3) is 0 Å². The lowest BCUT2D eigenvalue weighted by molar-refractivity contribution is -0.169. The van der Waals surface area contributed by atoms with Crippen LogP contribution in [0, 0.1) is 0 Å². The molecule has 4 heterocycles. The molecule has 240 valence electrons. The van der Waals surface area contributed by atoms with Crippen LogP contribution in [-0.2, 0) is 37.8 Å². The fourth-order valence-electron chi connectivity index (χ4n) is 4.78. The van der Waals surface area contributed by atoms with Crippen LogP contribution >= 0.6 is 0 Å². The van der Waals surface area contributed by atoms with Gasteiger partial charge in [-0.1, -0.05) is 20.8 Å². The zero-order chi connectivity index (χ0) is 32.6. The van der Waals surface area contributed by atoms with E-state index in [-0.39, 0.29) is 54.7 Å². The van der Waals surface area contributed by atoms with Crippen LogP contribution in [0.5, 0.6) is 0 Å². The SMILES string of the molecule is CC(=O)CCC(=O)OC1[C@@H](CO[Si](C)(C)C(C)(C)C)O[C@@H](n2cc3c4c(ncnc42)N(C)N=C3N)[C@H]1OC(=O)CCC(C)=O. The van der Waals surface area contributed by atoms with Crippen molar-refractivity contribution < 1.29 is 37.8 Å². The second kappa shape index (κ2) is 12.7. The van der Waals surface area contributed by atoms with Gasteiger partial charge in [0.05, 0.1) is 24.8 Å². The minimum Gasteiger partial charge on any atom is -0.455 e. The van der Waals surface area contributed by atoms with Crippen molar-refractivity contribution in [2.75, 3.05) is 18.7 Å². The number of rotatable bonds is 12. The lowest BCUT2D eigenvalue weighted by Crippen LogP contribution is -2.46. The summed E-state index contributed by atoms with van der Waals surface area (Å²) in [5.74, 6) is -0.880. The highest BCUT2D eigenvalue weighted by Crippen LogP contribution is 2.41. The molecule has 1 saturated heterocycles. The van der Waals surface area contributed by atoms with E-state index < -0.39 is 44.8 Å². The van der Waals surface area contributed by atoms with E-state index in [9.17, 15) is 19.2 Å². The number of carbonyl (C=O) groups excluding carboxylic acids is 4.